The lowest BCUT2D eigenvalue weighted by Crippen LogP contribution is -2.25. The third kappa shape index (κ3) is 4.15. The number of hydrogen-bond donors (Lipinski definition) is 3. The number of hydrogen-bond acceptors (Lipinski definition) is 5. The van der Waals surface area contributed by atoms with E-state index >= 15 is 0 Å². The Hall–Kier alpha value is -4.04. The van der Waals surface area contributed by atoms with Crippen LogP contribution in [0.4, 0.5) is 0 Å². The van der Waals surface area contributed by atoms with Crippen LogP contribution in [-0.2, 0) is 6.54 Å². The second kappa shape index (κ2) is 8.39. The zero-order valence-electron chi connectivity index (χ0n) is 18.2. The molecule has 8 heteroatoms. The first kappa shape index (κ1) is 20.6. The number of aromatic nitrogens is 3. The fraction of sp³-hybridized carbons (Fsp3) is 0.154. The van der Waals surface area contributed by atoms with E-state index in [0.29, 0.717) is 29.5 Å². The molecule has 0 unspecified atom stereocenters. The standard InChI is InChI=1S/C26H21N5O2S/c32-24(27-14-23-29-19-3-1-2-4-20(19)30-23)17-9-12-21-22(13-17)34-26(31-21)16-7-5-15(6-8-16)25(33)28-18-10-11-18/h1-9,12-13,18H,10-11,14H2,(H,27,32)(H,28,33)(H,29,30). The van der Waals surface area contributed by atoms with E-state index in [-0.39, 0.29) is 11.8 Å². The number of fused-ring (bicyclic) bond motifs is 2. The average molecular weight is 468 g/mol. The lowest BCUT2D eigenvalue weighted by atomic mass is 10.1. The minimum atomic E-state index is -0.164. The van der Waals surface area contributed by atoms with Gasteiger partial charge in [-0.15, -0.1) is 11.3 Å². The SMILES string of the molecule is O=C(NCc1nc2ccccc2[nH]1)c1ccc2nc(-c3ccc(C(=O)NC4CC4)cc3)sc2c1. The number of nitrogens with one attached hydrogen (secondary N) is 3. The number of benzene rings is 3. The number of aromatic amines is 1. The van der Waals surface area contributed by atoms with E-state index in [4.69, 9.17) is 4.98 Å². The van der Waals surface area contributed by atoms with Gasteiger partial charge >= 0.3 is 0 Å². The number of imidazole rings is 1. The molecule has 0 radical (unpaired) electrons. The van der Waals surface area contributed by atoms with Gasteiger partial charge in [-0.05, 0) is 55.3 Å². The van der Waals surface area contributed by atoms with Gasteiger partial charge in [0.15, 0.2) is 0 Å². The van der Waals surface area contributed by atoms with Crippen molar-refractivity contribution in [1.82, 2.24) is 25.6 Å². The predicted octanol–water partition coefficient (Wildman–Crippen LogP) is 4.66. The molecule has 2 heterocycles. The summed E-state index contributed by atoms with van der Waals surface area (Å²) in [5.74, 6) is 0.518. The molecular weight excluding hydrogens is 446 g/mol. The van der Waals surface area contributed by atoms with E-state index < -0.39 is 0 Å². The maximum Gasteiger partial charge on any atom is 0.251 e. The van der Waals surface area contributed by atoms with Crippen LogP contribution in [0.1, 0.15) is 39.4 Å². The molecule has 0 saturated heterocycles. The quantitative estimate of drug-likeness (QED) is 0.338. The molecule has 0 aliphatic heterocycles. The molecule has 7 nitrogen and oxygen atoms in total. The molecule has 2 aromatic heterocycles. The van der Waals surface area contributed by atoms with Crippen molar-refractivity contribution in [3.05, 3.63) is 83.7 Å². The van der Waals surface area contributed by atoms with Gasteiger partial charge in [0.2, 0.25) is 0 Å². The second-order valence-corrected chi connectivity index (χ2v) is 9.44. The second-order valence-electron chi connectivity index (χ2n) is 8.41. The highest BCUT2D eigenvalue weighted by Crippen LogP contribution is 2.31. The van der Waals surface area contributed by atoms with Crippen LogP contribution in [0.2, 0.25) is 0 Å². The molecule has 0 spiro atoms. The molecule has 1 aliphatic rings. The van der Waals surface area contributed by atoms with E-state index in [1.165, 1.54) is 11.3 Å². The van der Waals surface area contributed by atoms with E-state index in [9.17, 15) is 9.59 Å². The van der Waals surface area contributed by atoms with E-state index in [0.717, 1.165) is 44.7 Å². The van der Waals surface area contributed by atoms with E-state index in [2.05, 4.69) is 20.6 Å². The third-order valence-corrected chi connectivity index (χ3v) is 6.88. The number of carbonyl (C=O) groups is 2. The Kier molecular flexibility index (Phi) is 5.07. The zero-order chi connectivity index (χ0) is 23.1. The fourth-order valence-electron chi connectivity index (χ4n) is 3.81. The number of nitrogens with zero attached hydrogens (tertiary/aromatic N) is 2. The fourth-order valence-corrected chi connectivity index (χ4v) is 4.82. The minimum absolute atomic E-state index is 0.0309. The molecule has 3 aromatic carbocycles. The van der Waals surface area contributed by atoms with Gasteiger partial charge in [0, 0.05) is 22.7 Å². The average Bonchev–Trinajstić information content (AvgIpc) is 3.41. The Bertz CT molecular complexity index is 1500. The van der Waals surface area contributed by atoms with Crippen LogP contribution in [-0.4, -0.2) is 32.8 Å². The predicted molar refractivity (Wildman–Crippen MR) is 133 cm³/mol. The monoisotopic (exact) mass is 467 g/mol. The summed E-state index contributed by atoms with van der Waals surface area (Å²) >= 11 is 1.52. The summed E-state index contributed by atoms with van der Waals surface area (Å²) in [7, 11) is 0. The summed E-state index contributed by atoms with van der Waals surface area (Å²) in [5.41, 5.74) is 4.83. The largest absolute Gasteiger partial charge is 0.349 e. The number of amides is 2. The maximum atomic E-state index is 12.7. The molecule has 2 amide bonds. The van der Waals surface area contributed by atoms with Crippen LogP contribution in [0.3, 0.4) is 0 Å². The van der Waals surface area contributed by atoms with Gasteiger partial charge in [-0.1, -0.05) is 24.3 Å². The van der Waals surface area contributed by atoms with Crippen molar-refractivity contribution in [2.45, 2.75) is 25.4 Å². The summed E-state index contributed by atoms with van der Waals surface area (Å²) < 4.78 is 0.932. The Labute approximate surface area is 199 Å². The Morgan fingerprint density at radius 3 is 2.50 bits per heavy atom. The topological polar surface area (TPSA) is 99.8 Å². The Morgan fingerprint density at radius 1 is 0.912 bits per heavy atom. The van der Waals surface area contributed by atoms with Crippen LogP contribution in [0, 0.1) is 0 Å². The maximum absolute atomic E-state index is 12.7. The summed E-state index contributed by atoms with van der Waals surface area (Å²) in [5, 5.41) is 6.78. The van der Waals surface area contributed by atoms with Gasteiger partial charge in [0.25, 0.3) is 11.8 Å². The lowest BCUT2D eigenvalue weighted by molar-refractivity contribution is 0.0942. The van der Waals surface area contributed by atoms with Crippen molar-refractivity contribution in [2.75, 3.05) is 0 Å². The molecule has 3 N–H and O–H groups in total. The van der Waals surface area contributed by atoms with Crippen molar-refractivity contribution in [1.29, 1.82) is 0 Å². The Morgan fingerprint density at radius 2 is 1.71 bits per heavy atom. The minimum Gasteiger partial charge on any atom is -0.349 e. The van der Waals surface area contributed by atoms with Crippen LogP contribution < -0.4 is 10.6 Å². The number of rotatable bonds is 6. The first-order valence-corrected chi connectivity index (χ1v) is 12.0. The first-order valence-electron chi connectivity index (χ1n) is 11.2. The van der Waals surface area contributed by atoms with Crippen LogP contribution in [0.25, 0.3) is 31.8 Å². The third-order valence-electron chi connectivity index (χ3n) is 5.81. The van der Waals surface area contributed by atoms with Crippen molar-refractivity contribution in [3.8, 4) is 10.6 Å². The molecule has 34 heavy (non-hydrogen) atoms. The highest BCUT2D eigenvalue weighted by atomic mass is 32.1. The van der Waals surface area contributed by atoms with Crippen molar-refractivity contribution in [2.24, 2.45) is 0 Å². The van der Waals surface area contributed by atoms with Gasteiger partial charge in [0.05, 0.1) is 27.8 Å². The first-order chi connectivity index (χ1) is 16.6. The van der Waals surface area contributed by atoms with Gasteiger partial charge in [0.1, 0.15) is 10.8 Å². The molecule has 1 fully saturated rings. The van der Waals surface area contributed by atoms with Gasteiger partial charge < -0.3 is 15.6 Å². The highest BCUT2D eigenvalue weighted by molar-refractivity contribution is 7.21. The highest BCUT2D eigenvalue weighted by Gasteiger charge is 2.23. The van der Waals surface area contributed by atoms with Crippen molar-refractivity contribution < 1.29 is 9.59 Å². The normalized spacial score (nSPS) is 13.3. The molecule has 168 valence electrons. The van der Waals surface area contributed by atoms with E-state index in [1.807, 2.05) is 60.7 Å². The van der Waals surface area contributed by atoms with Crippen LogP contribution >= 0.6 is 11.3 Å². The van der Waals surface area contributed by atoms with Crippen molar-refractivity contribution in [3.63, 3.8) is 0 Å². The number of carbonyl (C=O) groups excluding carboxylic acids is 2. The number of para-hydroxylation sites is 2. The summed E-state index contributed by atoms with van der Waals surface area (Å²) in [6.45, 7) is 0.320. The molecule has 0 atom stereocenters. The van der Waals surface area contributed by atoms with Crippen LogP contribution in [0.15, 0.2) is 66.7 Å². The lowest BCUT2D eigenvalue weighted by Gasteiger charge is -2.03. The van der Waals surface area contributed by atoms with Gasteiger partial charge in [-0.3, -0.25) is 9.59 Å². The molecule has 5 aromatic rings. The van der Waals surface area contributed by atoms with Gasteiger partial charge in [-0.2, -0.15) is 0 Å². The molecule has 0 bridgehead atoms. The molecule has 6 rings (SSSR count). The molecule has 1 saturated carbocycles. The summed E-state index contributed by atoms with van der Waals surface area (Å²) in [6.07, 6.45) is 2.13. The number of thiazole rings is 1. The van der Waals surface area contributed by atoms with Gasteiger partial charge in [-0.25, -0.2) is 9.97 Å². The van der Waals surface area contributed by atoms with Crippen LogP contribution in [0.5, 0.6) is 0 Å². The number of H-pyrrole nitrogens is 1. The van der Waals surface area contributed by atoms with E-state index in [1.54, 1.807) is 6.07 Å². The summed E-state index contributed by atoms with van der Waals surface area (Å²) in [6, 6.07) is 21.1. The smallest absolute Gasteiger partial charge is 0.251 e. The Balaban J connectivity index is 1.16. The molecular formula is C26H21N5O2S. The zero-order valence-corrected chi connectivity index (χ0v) is 19.0. The summed E-state index contributed by atoms with van der Waals surface area (Å²) in [4.78, 5) is 37.4. The van der Waals surface area contributed by atoms with Crippen molar-refractivity contribution >= 4 is 44.4 Å². The molecule has 1 aliphatic carbocycles.